The van der Waals surface area contributed by atoms with Crippen LogP contribution in [0.3, 0.4) is 0 Å². The van der Waals surface area contributed by atoms with Gasteiger partial charge in [-0.1, -0.05) is 12.1 Å². The van der Waals surface area contributed by atoms with Gasteiger partial charge in [-0.2, -0.15) is 0 Å². The second-order valence-corrected chi connectivity index (χ2v) is 4.79. The molecule has 0 aromatic carbocycles. The summed E-state index contributed by atoms with van der Waals surface area (Å²) in [7, 11) is 0. The van der Waals surface area contributed by atoms with Crippen LogP contribution in [-0.4, -0.2) is 34.4 Å². The first-order chi connectivity index (χ1) is 7.47. The highest BCUT2D eigenvalue weighted by molar-refractivity contribution is 5.83. The van der Waals surface area contributed by atoms with Crippen molar-refractivity contribution in [1.82, 2.24) is 4.90 Å². The van der Waals surface area contributed by atoms with Gasteiger partial charge in [0.05, 0.1) is 0 Å². The van der Waals surface area contributed by atoms with Gasteiger partial charge in [-0.15, -0.1) is 0 Å². The highest BCUT2D eigenvalue weighted by Crippen LogP contribution is 2.39. The van der Waals surface area contributed by atoms with E-state index in [9.17, 15) is 4.79 Å². The molecule has 0 spiro atoms. The minimum absolute atomic E-state index is 0.159. The average Bonchev–Trinajstić information content (AvgIpc) is 2.94. The lowest BCUT2D eigenvalue weighted by Gasteiger charge is -2.26. The summed E-state index contributed by atoms with van der Waals surface area (Å²) in [5, 5.41) is 11.4. The largest absolute Gasteiger partial charge is 0.409 e. The SMILES string of the molecule is CC1CC1C(=O)N(CCC(N)=NO)C(C)C. The molecule has 0 aromatic rings. The summed E-state index contributed by atoms with van der Waals surface area (Å²) in [5.41, 5.74) is 5.40. The van der Waals surface area contributed by atoms with Crippen molar-refractivity contribution in [2.45, 2.75) is 39.7 Å². The molecule has 1 saturated carbocycles. The van der Waals surface area contributed by atoms with Crippen molar-refractivity contribution in [2.75, 3.05) is 6.54 Å². The van der Waals surface area contributed by atoms with Crippen molar-refractivity contribution in [3.05, 3.63) is 0 Å². The number of nitrogens with zero attached hydrogens (tertiary/aromatic N) is 2. The Balaban J connectivity index is 2.51. The van der Waals surface area contributed by atoms with E-state index in [0.717, 1.165) is 6.42 Å². The van der Waals surface area contributed by atoms with Crippen molar-refractivity contribution in [1.29, 1.82) is 0 Å². The number of hydrogen-bond donors (Lipinski definition) is 2. The predicted molar refractivity (Wildman–Crippen MR) is 62.1 cm³/mol. The maximum atomic E-state index is 12.0. The number of carbonyl (C=O) groups excluding carboxylic acids is 1. The highest BCUT2D eigenvalue weighted by Gasteiger charge is 2.41. The van der Waals surface area contributed by atoms with E-state index in [1.54, 1.807) is 0 Å². The van der Waals surface area contributed by atoms with Crippen LogP contribution in [-0.2, 0) is 4.79 Å². The van der Waals surface area contributed by atoms with Gasteiger partial charge in [-0.3, -0.25) is 4.79 Å². The summed E-state index contributed by atoms with van der Waals surface area (Å²) in [6, 6.07) is 0.159. The van der Waals surface area contributed by atoms with Crippen LogP contribution in [0.15, 0.2) is 5.16 Å². The molecule has 1 rings (SSSR count). The first-order valence-electron chi connectivity index (χ1n) is 5.74. The van der Waals surface area contributed by atoms with Gasteiger partial charge in [0.2, 0.25) is 5.91 Å². The number of carbonyl (C=O) groups is 1. The molecule has 0 aromatic heterocycles. The number of nitrogens with two attached hydrogens (primary N) is 1. The second-order valence-electron chi connectivity index (χ2n) is 4.79. The van der Waals surface area contributed by atoms with E-state index >= 15 is 0 Å². The van der Waals surface area contributed by atoms with E-state index in [1.807, 2.05) is 18.7 Å². The van der Waals surface area contributed by atoms with Crippen molar-refractivity contribution >= 4 is 11.7 Å². The molecule has 92 valence electrons. The van der Waals surface area contributed by atoms with Gasteiger partial charge in [0.1, 0.15) is 5.84 Å². The molecular formula is C11H21N3O2. The first kappa shape index (κ1) is 12.8. The Hall–Kier alpha value is -1.26. The van der Waals surface area contributed by atoms with Gasteiger partial charge in [0.15, 0.2) is 0 Å². The van der Waals surface area contributed by atoms with Crippen LogP contribution in [0, 0.1) is 11.8 Å². The minimum atomic E-state index is 0.159. The molecular weight excluding hydrogens is 206 g/mol. The van der Waals surface area contributed by atoms with Gasteiger partial charge < -0.3 is 15.8 Å². The van der Waals surface area contributed by atoms with Crippen LogP contribution in [0.1, 0.15) is 33.6 Å². The van der Waals surface area contributed by atoms with Gasteiger partial charge in [-0.05, 0) is 26.2 Å². The van der Waals surface area contributed by atoms with Crippen LogP contribution in [0.25, 0.3) is 0 Å². The lowest BCUT2D eigenvalue weighted by Crippen LogP contribution is -2.40. The third-order valence-electron chi connectivity index (χ3n) is 3.07. The molecule has 0 saturated heterocycles. The lowest BCUT2D eigenvalue weighted by molar-refractivity contribution is -0.134. The molecule has 16 heavy (non-hydrogen) atoms. The highest BCUT2D eigenvalue weighted by atomic mass is 16.4. The van der Waals surface area contributed by atoms with E-state index in [4.69, 9.17) is 10.9 Å². The second kappa shape index (κ2) is 5.18. The fourth-order valence-electron chi connectivity index (χ4n) is 1.79. The molecule has 5 heteroatoms. The summed E-state index contributed by atoms with van der Waals surface area (Å²) < 4.78 is 0. The molecule has 1 fully saturated rings. The van der Waals surface area contributed by atoms with Gasteiger partial charge in [-0.25, -0.2) is 0 Å². The Morgan fingerprint density at radius 3 is 2.56 bits per heavy atom. The molecule has 2 atom stereocenters. The smallest absolute Gasteiger partial charge is 0.226 e. The summed E-state index contributed by atoms with van der Waals surface area (Å²) in [4.78, 5) is 13.9. The zero-order valence-corrected chi connectivity index (χ0v) is 10.2. The maximum absolute atomic E-state index is 12.0. The fourth-order valence-corrected chi connectivity index (χ4v) is 1.79. The molecule has 5 nitrogen and oxygen atoms in total. The third-order valence-corrected chi connectivity index (χ3v) is 3.07. The molecule has 1 aliphatic rings. The maximum Gasteiger partial charge on any atom is 0.226 e. The van der Waals surface area contributed by atoms with Gasteiger partial charge in [0.25, 0.3) is 0 Å². The fraction of sp³-hybridized carbons (Fsp3) is 0.818. The van der Waals surface area contributed by atoms with Gasteiger partial charge in [0, 0.05) is 24.9 Å². The van der Waals surface area contributed by atoms with Crippen LogP contribution in [0.4, 0.5) is 0 Å². The molecule has 1 aliphatic carbocycles. The van der Waals surface area contributed by atoms with Crippen LogP contribution in [0.5, 0.6) is 0 Å². The van der Waals surface area contributed by atoms with E-state index in [1.165, 1.54) is 0 Å². The molecule has 0 aliphatic heterocycles. The number of amidine groups is 1. The zero-order chi connectivity index (χ0) is 12.3. The summed E-state index contributed by atoms with van der Waals surface area (Å²) in [6.07, 6.45) is 1.41. The van der Waals surface area contributed by atoms with E-state index in [2.05, 4.69) is 12.1 Å². The van der Waals surface area contributed by atoms with Crippen LogP contribution >= 0.6 is 0 Å². The molecule has 1 amide bonds. The molecule has 0 radical (unpaired) electrons. The van der Waals surface area contributed by atoms with Crippen LogP contribution in [0.2, 0.25) is 0 Å². The van der Waals surface area contributed by atoms with Crippen molar-refractivity contribution < 1.29 is 10.0 Å². The van der Waals surface area contributed by atoms with Crippen LogP contribution < -0.4 is 5.73 Å². The average molecular weight is 227 g/mol. The summed E-state index contributed by atoms with van der Waals surface area (Å²) in [6.45, 7) is 6.58. The zero-order valence-electron chi connectivity index (χ0n) is 10.2. The standard InChI is InChI=1S/C11H21N3O2/c1-7(2)14(5-4-10(12)13-16)11(15)9-6-8(9)3/h7-9,16H,4-6H2,1-3H3,(H2,12,13). The minimum Gasteiger partial charge on any atom is -0.409 e. The molecule has 3 N–H and O–H groups in total. The Morgan fingerprint density at radius 1 is 1.62 bits per heavy atom. The number of amides is 1. The monoisotopic (exact) mass is 227 g/mol. The lowest BCUT2D eigenvalue weighted by atomic mass is 10.2. The van der Waals surface area contributed by atoms with Gasteiger partial charge >= 0.3 is 0 Å². The number of hydrogen-bond acceptors (Lipinski definition) is 3. The number of oxime groups is 1. The quantitative estimate of drug-likeness (QED) is 0.318. The molecule has 0 heterocycles. The summed E-state index contributed by atoms with van der Waals surface area (Å²) >= 11 is 0. The normalized spacial score (nSPS) is 24.6. The molecule has 0 bridgehead atoms. The van der Waals surface area contributed by atoms with E-state index < -0.39 is 0 Å². The first-order valence-corrected chi connectivity index (χ1v) is 5.74. The Kier molecular flexibility index (Phi) is 4.15. The topological polar surface area (TPSA) is 78.9 Å². The summed E-state index contributed by atoms with van der Waals surface area (Å²) in [5.74, 6) is 1.07. The van der Waals surface area contributed by atoms with Crippen molar-refractivity contribution in [3.8, 4) is 0 Å². The van der Waals surface area contributed by atoms with E-state index in [0.29, 0.717) is 18.9 Å². The van der Waals surface area contributed by atoms with E-state index in [-0.39, 0.29) is 23.7 Å². The number of rotatable bonds is 5. The van der Waals surface area contributed by atoms with Crippen molar-refractivity contribution in [3.63, 3.8) is 0 Å². The Bertz CT molecular complexity index is 289. The molecule has 2 unspecified atom stereocenters. The van der Waals surface area contributed by atoms with Crippen molar-refractivity contribution in [2.24, 2.45) is 22.7 Å². The third kappa shape index (κ3) is 3.12. The Morgan fingerprint density at radius 2 is 2.19 bits per heavy atom. The predicted octanol–water partition coefficient (Wildman–Crippen LogP) is 1.02. The Labute approximate surface area is 96.3 Å².